The number of hydrogen-bond donors (Lipinski definition) is 1. The fraction of sp³-hybridized carbons (Fsp3) is 0. The van der Waals surface area contributed by atoms with E-state index in [2.05, 4.69) is 0 Å². The summed E-state index contributed by atoms with van der Waals surface area (Å²) in [6, 6.07) is 5.68. The number of hydrogen-bond acceptors (Lipinski definition) is 4. The fourth-order valence-corrected chi connectivity index (χ4v) is 1.56. The molecule has 0 saturated heterocycles. The smallest absolute Gasteiger partial charge is 0.338 e. The lowest BCUT2D eigenvalue weighted by molar-refractivity contribution is -0.385. The molecule has 0 spiro atoms. The van der Waals surface area contributed by atoms with Crippen LogP contribution in [0.15, 0.2) is 36.4 Å². The number of aromatic carboxylic acids is 1. The molecule has 0 aliphatic heterocycles. The summed E-state index contributed by atoms with van der Waals surface area (Å²) in [6.45, 7) is 0. The summed E-state index contributed by atoms with van der Waals surface area (Å²) in [7, 11) is 0. The van der Waals surface area contributed by atoms with E-state index < -0.39 is 39.5 Å². The zero-order valence-electron chi connectivity index (χ0n) is 10.2. The normalized spacial score (nSPS) is 10.2. The van der Waals surface area contributed by atoms with Gasteiger partial charge in [0, 0.05) is 6.07 Å². The number of nitrogens with zero attached hydrogens (tertiary/aromatic N) is 1. The lowest BCUT2D eigenvalue weighted by Gasteiger charge is -2.08. The van der Waals surface area contributed by atoms with E-state index in [4.69, 9.17) is 9.84 Å². The van der Waals surface area contributed by atoms with Crippen molar-refractivity contribution < 1.29 is 28.3 Å². The highest BCUT2D eigenvalue weighted by Gasteiger charge is 2.23. The van der Waals surface area contributed by atoms with Crippen molar-refractivity contribution in [3.63, 3.8) is 0 Å². The molecule has 0 radical (unpaired) electrons. The lowest BCUT2D eigenvalue weighted by atomic mass is 10.1. The van der Waals surface area contributed by atoms with Gasteiger partial charge in [-0.15, -0.1) is 0 Å². The highest BCUT2D eigenvalue weighted by Crippen LogP contribution is 2.33. The molecule has 0 amide bonds. The molecule has 0 aliphatic rings. The second-order valence-electron chi connectivity index (χ2n) is 3.92. The van der Waals surface area contributed by atoms with Gasteiger partial charge in [-0.1, -0.05) is 0 Å². The molecular formula is C13H7F2NO5. The molecule has 2 aromatic carbocycles. The average molecular weight is 295 g/mol. The number of halogens is 2. The van der Waals surface area contributed by atoms with Crippen molar-refractivity contribution >= 4 is 11.7 Å². The van der Waals surface area contributed by atoms with Crippen LogP contribution in [0.3, 0.4) is 0 Å². The van der Waals surface area contributed by atoms with Gasteiger partial charge in [0.1, 0.15) is 17.4 Å². The number of carboxylic acids is 1. The van der Waals surface area contributed by atoms with Crippen LogP contribution in [-0.4, -0.2) is 16.0 Å². The summed E-state index contributed by atoms with van der Waals surface area (Å²) in [6.07, 6.45) is 0. The molecule has 1 N–H and O–H groups in total. The molecule has 0 saturated carbocycles. The maximum Gasteiger partial charge on any atom is 0.338 e. The number of carbonyl (C=O) groups is 1. The minimum atomic E-state index is -1.59. The van der Waals surface area contributed by atoms with Crippen molar-refractivity contribution in [2.45, 2.75) is 0 Å². The number of rotatable bonds is 4. The van der Waals surface area contributed by atoms with E-state index in [1.807, 2.05) is 0 Å². The Bertz CT molecular complexity index is 715. The van der Waals surface area contributed by atoms with Gasteiger partial charge in [-0.2, -0.15) is 0 Å². The molecule has 0 bridgehead atoms. The standard InChI is InChI=1S/C13H7F2NO5/c14-7-1-3-8(4-2-7)21-12-5-9(13(17)18)10(15)6-11(12)16(19)20/h1-6H,(H,17,18). The first-order valence-electron chi connectivity index (χ1n) is 5.53. The Morgan fingerprint density at radius 1 is 1.19 bits per heavy atom. The van der Waals surface area contributed by atoms with Crippen LogP contribution in [0.25, 0.3) is 0 Å². The summed E-state index contributed by atoms with van der Waals surface area (Å²) in [5.41, 5.74) is -1.50. The Balaban J connectivity index is 2.49. The molecule has 0 fully saturated rings. The molecule has 0 aliphatic carbocycles. The Morgan fingerprint density at radius 3 is 2.33 bits per heavy atom. The van der Waals surface area contributed by atoms with Gasteiger partial charge in [0.2, 0.25) is 5.75 Å². The Kier molecular flexibility index (Phi) is 3.79. The number of ether oxygens (including phenoxy) is 1. The monoisotopic (exact) mass is 295 g/mol. The number of nitro benzene ring substituents is 1. The third-order valence-corrected chi connectivity index (χ3v) is 2.52. The molecule has 0 heterocycles. The van der Waals surface area contributed by atoms with E-state index in [1.165, 1.54) is 12.1 Å². The van der Waals surface area contributed by atoms with Crippen molar-refractivity contribution in [2.75, 3.05) is 0 Å². The second kappa shape index (κ2) is 5.53. The predicted molar refractivity (Wildman–Crippen MR) is 66.5 cm³/mol. The zero-order chi connectivity index (χ0) is 15.6. The van der Waals surface area contributed by atoms with Gasteiger partial charge in [0.15, 0.2) is 0 Å². The van der Waals surface area contributed by atoms with Crippen molar-refractivity contribution in [1.29, 1.82) is 0 Å². The largest absolute Gasteiger partial charge is 0.478 e. The fourth-order valence-electron chi connectivity index (χ4n) is 1.56. The van der Waals surface area contributed by atoms with Crippen molar-refractivity contribution in [3.8, 4) is 11.5 Å². The second-order valence-corrected chi connectivity index (χ2v) is 3.92. The van der Waals surface area contributed by atoms with Crippen LogP contribution in [0.5, 0.6) is 11.5 Å². The summed E-state index contributed by atoms with van der Waals surface area (Å²) in [5, 5.41) is 19.7. The average Bonchev–Trinajstić information content (AvgIpc) is 2.42. The zero-order valence-corrected chi connectivity index (χ0v) is 10.2. The van der Waals surface area contributed by atoms with Gasteiger partial charge >= 0.3 is 11.7 Å². The van der Waals surface area contributed by atoms with Gasteiger partial charge in [0.25, 0.3) is 0 Å². The molecule has 0 aromatic heterocycles. The molecule has 21 heavy (non-hydrogen) atoms. The number of nitro groups is 1. The van der Waals surface area contributed by atoms with Crippen LogP contribution >= 0.6 is 0 Å². The van der Waals surface area contributed by atoms with E-state index in [9.17, 15) is 23.7 Å². The third-order valence-electron chi connectivity index (χ3n) is 2.52. The van der Waals surface area contributed by atoms with Gasteiger partial charge in [-0.3, -0.25) is 10.1 Å². The molecule has 2 rings (SSSR count). The number of benzene rings is 2. The first kappa shape index (κ1) is 14.4. The summed E-state index contributed by atoms with van der Waals surface area (Å²) in [5.74, 6) is -3.79. The summed E-state index contributed by atoms with van der Waals surface area (Å²) in [4.78, 5) is 20.8. The van der Waals surface area contributed by atoms with E-state index in [1.54, 1.807) is 0 Å². The maximum absolute atomic E-state index is 13.4. The highest BCUT2D eigenvalue weighted by atomic mass is 19.1. The Labute approximate surface area is 116 Å². The lowest BCUT2D eigenvalue weighted by Crippen LogP contribution is -2.03. The van der Waals surface area contributed by atoms with Crippen LogP contribution in [-0.2, 0) is 0 Å². The Hall–Kier alpha value is -3.03. The predicted octanol–water partition coefficient (Wildman–Crippen LogP) is 3.36. The minimum absolute atomic E-state index is 0.0439. The maximum atomic E-state index is 13.4. The highest BCUT2D eigenvalue weighted by molar-refractivity contribution is 5.89. The minimum Gasteiger partial charge on any atom is -0.478 e. The Morgan fingerprint density at radius 2 is 1.81 bits per heavy atom. The van der Waals surface area contributed by atoms with Gasteiger partial charge in [0.05, 0.1) is 16.6 Å². The molecule has 2 aromatic rings. The van der Waals surface area contributed by atoms with Crippen molar-refractivity contribution in [3.05, 3.63) is 63.7 Å². The van der Waals surface area contributed by atoms with Crippen LogP contribution in [0.2, 0.25) is 0 Å². The first-order chi connectivity index (χ1) is 9.88. The molecule has 0 unspecified atom stereocenters. The van der Waals surface area contributed by atoms with Crippen LogP contribution in [0.1, 0.15) is 10.4 Å². The first-order valence-corrected chi connectivity index (χ1v) is 5.53. The van der Waals surface area contributed by atoms with Crippen molar-refractivity contribution in [2.24, 2.45) is 0 Å². The SMILES string of the molecule is O=C(O)c1cc(Oc2ccc(F)cc2)c([N+](=O)[O-])cc1F. The van der Waals surface area contributed by atoms with E-state index in [-0.39, 0.29) is 5.75 Å². The van der Waals surface area contributed by atoms with E-state index in [0.717, 1.165) is 12.1 Å². The summed E-state index contributed by atoms with van der Waals surface area (Å²) >= 11 is 0. The van der Waals surface area contributed by atoms with Crippen LogP contribution in [0, 0.1) is 21.7 Å². The van der Waals surface area contributed by atoms with E-state index >= 15 is 0 Å². The van der Waals surface area contributed by atoms with Crippen LogP contribution < -0.4 is 4.74 Å². The number of carboxylic acid groups (broad SMARTS) is 1. The molecular weight excluding hydrogens is 288 g/mol. The topological polar surface area (TPSA) is 89.7 Å². The summed E-state index contributed by atoms with van der Waals surface area (Å²) < 4.78 is 31.3. The third kappa shape index (κ3) is 3.11. The molecule has 108 valence electrons. The van der Waals surface area contributed by atoms with Gasteiger partial charge in [-0.05, 0) is 24.3 Å². The van der Waals surface area contributed by atoms with Gasteiger partial charge in [-0.25, -0.2) is 13.6 Å². The van der Waals surface area contributed by atoms with Gasteiger partial charge < -0.3 is 9.84 Å². The van der Waals surface area contributed by atoms with Crippen molar-refractivity contribution in [1.82, 2.24) is 0 Å². The molecule has 8 heteroatoms. The van der Waals surface area contributed by atoms with Crippen LogP contribution in [0.4, 0.5) is 14.5 Å². The molecule has 0 atom stereocenters. The van der Waals surface area contributed by atoms with E-state index in [0.29, 0.717) is 12.1 Å². The molecule has 6 nitrogen and oxygen atoms in total. The quantitative estimate of drug-likeness (QED) is 0.690.